The van der Waals surface area contributed by atoms with Gasteiger partial charge in [-0.1, -0.05) is 57.5 Å². The lowest BCUT2D eigenvalue weighted by molar-refractivity contribution is -0.146. The Morgan fingerprint density at radius 2 is 1.74 bits per heavy atom. The predicted molar refractivity (Wildman–Crippen MR) is 152 cm³/mol. The predicted octanol–water partition coefficient (Wildman–Crippen LogP) is 5.03. The van der Waals surface area contributed by atoms with E-state index in [0.29, 0.717) is 36.4 Å². The molecule has 0 aliphatic carbocycles. The molecule has 8 heteroatoms. The molecule has 0 aromatic heterocycles. The summed E-state index contributed by atoms with van der Waals surface area (Å²) < 4.78 is 35.8. The van der Waals surface area contributed by atoms with Crippen molar-refractivity contribution in [3.63, 3.8) is 0 Å². The molecule has 4 rings (SSSR count). The molecule has 2 aliphatic heterocycles. The molecule has 0 saturated carbocycles. The van der Waals surface area contributed by atoms with Crippen LogP contribution in [0.25, 0.3) is 0 Å². The van der Waals surface area contributed by atoms with Crippen LogP contribution in [0.2, 0.25) is 0 Å². The van der Waals surface area contributed by atoms with Crippen LogP contribution in [0.5, 0.6) is 0 Å². The van der Waals surface area contributed by atoms with Gasteiger partial charge in [0.05, 0.1) is 23.6 Å². The van der Waals surface area contributed by atoms with Gasteiger partial charge in [-0.15, -0.1) is 0 Å². The van der Waals surface area contributed by atoms with Gasteiger partial charge in [0.15, 0.2) is 0 Å². The second-order valence-electron chi connectivity index (χ2n) is 11.8. The molecule has 2 fully saturated rings. The molecule has 2 saturated heterocycles. The summed E-state index contributed by atoms with van der Waals surface area (Å²) in [6, 6.07) is 14.9. The van der Waals surface area contributed by atoms with Crippen molar-refractivity contribution >= 4 is 21.6 Å². The molecule has 0 bridgehead atoms. The first-order valence-corrected chi connectivity index (χ1v) is 15.3. The molecular weight excluding hydrogens is 498 g/mol. The summed E-state index contributed by atoms with van der Waals surface area (Å²) in [5.41, 5.74) is 2.42. The Morgan fingerprint density at radius 1 is 1.05 bits per heavy atom. The van der Waals surface area contributed by atoms with Crippen LogP contribution >= 0.6 is 0 Å². The molecule has 2 atom stereocenters. The Kier molecular flexibility index (Phi) is 8.97. The summed E-state index contributed by atoms with van der Waals surface area (Å²) in [5, 5.41) is 3.01. The van der Waals surface area contributed by atoms with E-state index < -0.39 is 15.6 Å². The number of rotatable bonds is 8. The number of likely N-dealkylation sites (tertiary alicyclic amines) is 1. The smallest absolute Gasteiger partial charge is 0.243 e. The van der Waals surface area contributed by atoms with Gasteiger partial charge in [-0.25, -0.2) is 8.42 Å². The highest BCUT2D eigenvalue weighted by Crippen LogP contribution is 2.35. The number of carbonyl (C=O) groups excluding carboxylic acids is 1. The number of amides is 1. The van der Waals surface area contributed by atoms with E-state index in [1.165, 1.54) is 5.56 Å². The lowest BCUT2D eigenvalue weighted by Gasteiger charge is -2.50. The summed E-state index contributed by atoms with van der Waals surface area (Å²) >= 11 is 0. The number of sulfonamides is 1. The number of benzene rings is 2. The largest absolute Gasteiger partial charge is 0.371 e. The van der Waals surface area contributed by atoms with Gasteiger partial charge in [0, 0.05) is 24.8 Å². The lowest BCUT2D eigenvalue weighted by atomic mass is 9.89. The van der Waals surface area contributed by atoms with E-state index in [2.05, 4.69) is 37.9 Å². The van der Waals surface area contributed by atoms with Gasteiger partial charge < -0.3 is 10.1 Å². The van der Waals surface area contributed by atoms with Crippen LogP contribution in [0.3, 0.4) is 0 Å². The van der Waals surface area contributed by atoms with Crippen LogP contribution in [0.4, 0.5) is 5.69 Å². The monoisotopic (exact) mass is 541 g/mol. The quantitative estimate of drug-likeness (QED) is 0.507. The third kappa shape index (κ3) is 6.84. The second-order valence-corrected chi connectivity index (χ2v) is 13.7. The highest BCUT2D eigenvalue weighted by atomic mass is 32.2. The van der Waals surface area contributed by atoms with Crippen molar-refractivity contribution in [1.29, 1.82) is 0 Å². The summed E-state index contributed by atoms with van der Waals surface area (Å²) in [4.78, 5) is 15.3. The second kappa shape index (κ2) is 11.9. The molecule has 0 radical (unpaired) electrons. The minimum Gasteiger partial charge on any atom is -0.371 e. The highest BCUT2D eigenvalue weighted by molar-refractivity contribution is 7.89. The van der Waals surface area contributed by atoms with E-state index in [4.69, 9.17) is 4.74 Å². The number of anilines is 1. The Bertz CT molecular complexity index is 1200. The van der Waals surface area contributed by atoms with E-state index in [1.54, 1.807) is 16.4 Å². The molecule has 38 heavy (non-hydrogen) atoms. The number of morpholine rings is 1. The highest BCUT2D eigenvalue weighted by Gasteiger charge is 2.47. The average Bonchev–Trinajstić information content (AvgIpc) is 2.85. The van der Waals surface area contributed by atoms with Crippen LogP contribution < -0.4 is 5.32 Å². The van der Waals surface area contributed by atoms with E-state index in [1.807, 2.05) is 43.3 Å². The van der Waals surface area contributed by atoms with Crippen LogP contribution in [0.1, 0.15) is 64.0 Å². The van der Waals surface area contributed by atoms with Gasteiger partial charge in [-0.05, 0) is 74.4 Å². The topological polar surface area (TPSA) is 79.0 Å². The number of ether oxygens (including phenoxy) is 1. The molecule has 1 amide bonds. The average molecular weight is 542 g/mol. The number of nitrogens with one attached hydrogen (secondary N) is 1. The van der Waals surface area contributed by atoms with Gasteiger partial charge in [0.2, 0.25) is 15.9 Å². The van der Waals surface area contributed by atoms with Crippen molar-refractivity contribution in [2.24, 2.45) is 5.92 Å². The molecule has 1 unspecified atom stereocenters. The lowest BCUT2D eigenvalue weighted by Crippen LogP contribution is -2.64. The fourth-order valence-electron chi connectivity index (χ4n) is 5.60. The Morgan fingerprint density at radius 3 is 2.37 bits per heavy atom. The van der Waals surface area contributed by atoms with Crippen LogP contribution in [0.15, 0.2) is 53.4 Å². The van der Waals surface area contributed by atoms with Gasteiger partial charge in [0.25, 0.3) is 0 Å². The first-order chi connectivity index (χ1) is 18.0. The van der Waals surface area contributed by atoms with Crippen molar-refractivity contribution in [3.8, 4) is 0 Å². The van der Waals surface area contributed by atoms with Gasteiger partial charge in [0.1, 0.15) is 0 Å². The van der Waals surface area contributed by atoms with Crippen LogP contribution in [0, 0.1) is 12.8 Å². The van der Waals surface area contributed by atoms with Gasteiger partial charge in [-0.3, -0.25) is 9.69 Å². The minimum atomic E-state index is -3.68. The Balaban J connectivity index is 1.47. The third-order valence-corrected chi connectivity index (χ3v) is 9.56. The normalized spacial score (nSPS) is 23.3. The standard InChI is InChI=1S/C30H43N3O4S/c1-22(2)17-27-19-37-30(21-33(27)38(35,36)28-13-7-24(5)8-14-28)15-6-16-32(20-30)18-29(34)31-26-11-9-25(10-12-26)23(3)4/h7-14,22-23,27H,6,15-21H2,1-5H3,(H,31,34)/t27-,30?/m0/s1. The maximum atomic E-state index is 13.8. The Hall–Kier alpha value is -2.26. The number of hydrogen-bond acceptors (Lipinski definition) is 5. The molecule has 2 heterocycles. The van der Waals surface area contributed by atoms with Crippen molar-refractivity contribution < 1.29 is 17.9 Å². The van der Waals surface area contributed by atoms with Crippen molar-refractivity contribution in [1.82, 2.24) is 9.21 Å². The first-order valence-electron chi connectivity index (χ1n) is 13.8. The van der Waals surface area contributed by atoms with Crippen molar-refractivity contribution in [2.45, 2.75) is 76.3 Å². The first kappa shape index (κ1) is 28.7. The maximum absolute atomic E-state index is 13.8. The number of aryl methyl sites for hydroxylation is 1. The van der Waals surface area contributed by atoms with E-state index in [-0.39, 0.29) is 18.5 Å². The summed E-state index contributed by atoms with van der Waals surface area (Å²) in [5.74, 6) is 0.709. The van der Waals surface area contributed by atoms with E-state index in [9.17, 15) is 13.2 Å². The van der Waals surface area contributed by atoms with Crippen LogP contribution in [-0.2, 0) is 19.6 Å². The molecular formula is C30H43N3O4S. The van der Waals surface area contributed by atoms with Gasteiger partial charge >= 0.3 is 0 Å². The number of hydrogen-bond donors (Lipinski definition) is 1. The number of nitrogens with zero attached hydrogens (tertiary/aromatic N) is 2. The van der Waals surface area contributed by atoms with Crippen molar-refractivity contribution in [2.75, 3.05) is 38.1 Å². The fourth-order valence-corrected chi connectivity index (χ4v) is 7.29. The summed E-state index contributed by atoms with van der Waals surface area (Å²) in [7, 11) is -3.68. The van der Waals surface area contributed by atoms with E-state index in [0.717, 1.165) is 37.1 Å². The zero-order chi connectivity index (χ0) is 27.5. The van der Waals surface area contributed by atoms with Crippen molar-refractivity contribution in [3.05, 3.63) is 59.7 Å². The zero-order valence-corrected chi connectivity index (χ0v) is 24.3. The fraction of sp³-hybridized carbons (Fsp3) is 0.567. The van der Waals surface area contributed by atoms with Gasteiger partial charge in [-0.2, -0.15) is 4.31 Å². The zero-order valence-electron chi connectivity index (χ0n) is 23.4. The number of piperidine rings is 1. The SMILES string of the molecule is Cc1ccc(S(=O)(=O)N2CC3(CCCN(CC(=O)Nc4ccc(C(C)C)cc4)C3)OC[C@@H]2CC(C)C)cc1. The molecule has 2 aromatic carbocycles. The summed E-state index contributed by atoms with van der Waals surface area (Å²) in [6.45, 7) is 12.7. The Labute approximate surface area is 228 Å². The maximum Gasteiger partial charge on any atom is 0.243 e. The molecule has 7 nitrogen and oxygen atoms in total. The molecule has 1 spiro atoms. The summed E-state index contributed by atoms with van der Waals surface area (Å²) in [6.07, 6.45) is 2.36. The van der Waals surface area contributed by atoms with Crippen LogP contribution in [-0.4, -0.2) is 68.0 Å². The third-order valence-electron chi connectivity index (χ3n) is 7.65. The molecule has 1 N–H and O–H groups in total. The molecule has 2 aromatic rings. The van der Waals surface area contributed by atoms with E-state index >= 15 is 0 Å². The minimum absolute atomic E-state index is 0.0722. The number of carbonyl (C=O) groups is 1. The molecule has 2 aliphatic rings. The molecule has 208 valence electrons.